The van der Waals surface area contributed by atoms with Gasteiger partial charge in [-0.05, 0) is 12.1 Å². The molecule has 4 heteroatoms. The Morgan fingerprint density at radius 3 is 3.00 bits per heavy atom. The highest BCUT2D eigenvalue weighted by Crippen LogP contribution is 2.16. The van der Waals surface area contributed by atoms with Crippen molar-refractivity contribution in [3.63, 3.8) is 0 Å². The van der Waals surface area contributed by atoms with Crippen molar-refractivity contribution in [2.24, 2.45) is 0 Å². The molecule has 1 aromatic heterocycles. The van der Waals surface area contributed by atoms with Crippen LogP contribution in [0.15, 0.2) is 18.2 Å². The third-order valence-corrected chi connectivity index (χ3v) is 1.67. The van der Waals surface area contributed by atoms with E-state index in [0.717, 1.165) is 5.52 Å². The Labute approximate surface area is 68.4 Å². The van der Waals surface area contributed by atoms with Crippen molar-refractivity contribution in [3.8, 4) is 0 Å². The number of nitrogens with two attached hydrogens (primary N) is 1. The number of imidazole rings is 1. The van der Waals surface area contributed by atoms with Gasteiger partial charge in [-0.3, -0.25) is 4.79 Å². The van der Waals surface area contributed by atoms with Gasteiger partial charge in [0.05, 0.1) is 11.2 Å². The summed E-state index contributed by atoms with van der Waals surface area (Å²) < 4.78 is 0. The SMILES string of the molecule is Nc1cccc2[nH]c(C=O)nc12. The summed E-state index contributed by atoms with van der Waals surface area (Å²) in [5, 5.41) is 0. The molecular weight excluding hydrogens is 154 g/mol. The second-order valence-electron chi connectivity index (χ2n) is 2.48. The minimum absolute atomic E-state index is 0.308. The first-order chi connectivity index (χ1) is 5.81. The molecule has 0 aliphatic heterocycles. The van der Waals surface area contributed by atoms with Gasteiger partial charge in [0.15, 0.2) is 12.1 Å². The van der Waals surface area contributed by atoms with Gasteiger partial charge in [-0.15, -0.1) is 0 Å². The van der Waals surface area contributed by atoms with Crippen LogP contribution in [-0.2, 0) is 0 Å². The van der Waals surface area contributed by atoms with Crippen LogP contribution in [0.2, 0.25) is 0 Å². The van der Waals surface area contributed by atoms with Crippen molar-refractivity contribution in [1.82, 2.24) is 9.97 Å². The molecule has 0 saturated carbocycles. The fourth-order valence-corrected chi connectivity index (χ4v) is 1.13. The predicted molar refractivity (Wildman–Crippen MR) is 45.9 cm³/mol. The standard InChI is InChI=1S/C8H7N3O/c9-5-2-1-3-6-8(5)11-7(4-12)10-6/h1-4H,9H2,(H,10,11). The number of rotatable bonds is 1. The number of aromatic amines is 1. The lowest BCUT2D eigenvalue weighted by Crippen LogP contribution is -1.85. The summed E-state index contributed by atoms with van der Waals surface area (Å²) in [5.74, 6) is 0.308. The van der Waals surface area contributed by atoms with Crippen LogP contribution < -0.4 is 5.73 Å². The van der Waals surface area contributed by atoms with Gasteiger partial charge in [-0.1, -0.05) is 6.07 Å². The lowest BCUT2D eigenvalue weighted by atomic mass is 10.3. The number of hydrogen-bond acceptors (Lipinski definition) is 3. The Balaban J connectivity index is 2.82. The maximum atomic E-state index is 10.4. The van der Waals surface area contributed by atoms with Gasteiger partial charge in [0.25, 0.3) is 0 Å². The Bertz CT molecular complexity index is 433. The van der Waals surface area contributed by atoms with Gasteiger partial charge in [0.2, 0.25) is 0 Å². The number of nitrogens with zero attached hydrogens (tertiary/aromatic N) is 1. The van der Waals surface area contributed by atoms with Crippen LogP contribution in [-0.4, -0.2) is 16.3 Å². The number of nitrogen functional groups attached to an aromatic ring is 1. The summed E-state index contributed by atoms with van der Waals surface area (Å²) in [4.78, 5) is 17.2. The highest BCUT2D eigenvalue weighted by Gasteiger charge is 2.02. The van der Waals surface area contributed by atoms with E-state index in [0.29, 0.717) is 23.3 Å². The van der Waals surface area contributed by atoms with E-state index in [4.69, 9.17) is 5.73 Å². The van der Waals surface area contributed by atoms with Gasteiger partial charge >= 0.3 is 0 Å². The summed E-state index contributed by atoms with van der Waals surface area (Å²) in [5.41, 5.74) is 7.65. The van der Waals surface area contributed by atoms with Gasteiger partial charge < -0.3 is 10.7 Å². The number of H-pyrrole nitrogens is 1. The number of aldehydes is 1. The summed E-state index contributed by atoms with van der Waals surface area (Å²) in [6, 6.07) is 5.38. The maximum absolute atomic E-state index is 10.4. The molecule has 12 heavy (non-hydrogen) atoms. The highest BCUT2D eigenvalue weighted by molar-refractivity contribution is 5.89. The van der Waals surface area contributed by atoms with Gasteiger partial charge in [-0.25, -0.2) is 4.98 Å². The molecule has 0 atom stereocenters. The van der Waals surface area contributed by atoms with Crippen molar-refractivity contribution in [3.05, 3.63) is 24.0 Å². The molecule has 0 unspecified atom stereocenters. The smallest absolute Gasteiger partial charge is 0.185 e. The van der Waals surface area contributed by atoms with E-state index in [1.807, 2.05) is 12.1 Å². The summed E-state index contributed by atoms with van der Waals surface area (Å²) in [6.45, 7) is 0. The molecule has 0 spiro atoms. The zero-order valence-corrected chi connectivity index (χ0v) is 6.24. The second kappa shape index (κ2) is 2.34. The summed E-state index contributed by atoms with van der Waals surface area (Å²) in [6.07, 6.45) is 0.666. The van der Waals surface area contributed by atoms with Crippen LogP contribution in [0.5, 0.6) is 0 Å². The molecule has 0 radical (unpaired) electrons. The van der Waals surface area contributed by atoms with E-state index in [2.05, 4.69) is 9.97 Å². The van der Waals surface area contributed by atoms with E-state index < -0.39 is 0 Å². The van der Waals surface area contributed by atoms with E-state index in [1.54, 1.807) is 6.07 Å². The molecule has 4 nitrogen and oxygen atoms in total. The first-order valence-corrected chi connectivity index (χ1v) is 3.50. The quantitative estimate of drug-likeness (QED) is 0.483. The summed E-state index contributed by atoms with van der Waals surface area (Å²) in [7, 11) is 0. The predicted octanol–water partition coefficient (Wildman–Crippen LogP) is 0.958. The molecule has 3 N–H and O–H groups in total. The lowest BCUT2D eigenvalue weighted by Gasteiger charge is -1.90. The van der Waals surface area contributed by atoms with Crippen molar-refractivity contribution < 1.29 is 4.79 Å². The Kier molecular flexibility index (Phi) is 1.33. The van der Waals surface area contributed by atoms with E-state index in [9.17, 15) is 4.79 Å². The van der Waals surface area contributed by atoms with Crippen molar-refractivity contribution in [2.75, 3.05) is 5.73 Å². The molecule has 0 bridgehead atoms. The first kappa shape index (κ1) is 6.84. The van der Waals surface area contributed by atoms with Crippen LogP contribution in [0.4, 0.5) is 5.69 Å². The van der Waals surface area contributed by atoms with E-state index in [1.165, 1.54) is 0 Å². The number of anilines is 1. The molecule has 0 amide bonds. The molecule has 0 saturated heterocycles. The van der Waals surface area contributed by atoms with Crippen LogP contribution in [0.1, 0.15) is 10.6 Å². The van der Waals surface area contributed by atoms with Crippen molar-refractivity contribution in [1.29, 1.82) is 0 Å². The largest absolute Gasteiger partial charge is 0.397 e. The Morgan fingerprint density at radius 1 is 1.50 bits per heavy atom. The number of fused-ring (bicyclic) bond motifs is 1. The average molecular weight is 161 g/mol. The Hall–Kier alpha value is -1.84. The van der Waals surface area contributed by atoms with Gasteiger partial charge in [0, 0.05) is 0 Å². The second-order valence-corrected chi connectivity index (χ2v) is 2.48. The molecule has 0 aliphatic rings. The van der Waals surface area contributed by atoms with Crippen LogP contribution >= 0.6 is 0 Å². The lowest BCUT2D eigenvalue weighted by molar-refractivity contribution is 0.111. The normalized spacial score (nSPS) is 10.3. The maximum Gasteiger partial charge on any atom is 0.185 e. The zero-order valence-electron chi connectivity index (χ0n) is 6.24. The van der Waals surface area contributed by atoms with Gasteiger partial charge in [-0.2, -0.15) is 0 Å². The highest BCUT2D eigenvalue weighted by atomic mass is 16.1. The number of carbonyl (C=O) groups excluding carboxylic acids is 1. The van der Waals surface area contributed by atoms with Crippen molar-refractivity contribution in [2.45, 2.75) is 0 Å². The number of para-hydroxylation sites is 1. The van der Waals surface area contributed by atoms with Crippen LogP contribution in [0.25, 0.3) is 11.0 Å². The fraction of sp³-hybridized carbons (Fsp3) is 0. The molecule has 0 fully saturated rings. The number of benzene rings is 1. The third-order valence-electron chi connectivity index (χ3n) is 1.67. The third kappa shape index (κ3) is 0.852. The number of carbonyl (C=O) groups is 1. The minimum Gasteiger partial charge on any atom is -0.397 e. The molecule has 2 aromatic rings. The van der Waals surface area contributed by atoms with Crippen LogP contribution in [0, 0.1) is 0 Å². The summed E-state index contributed by atoms with van der Waals surface area (Å²) >= 11 is 0. The first-order valence-electron chi connectivity index (χ1n) is 3.50. The fourth-order valence-electron chi connectivity index (χ4n) is 1.13. The molecular formula is C8H7N3O. The van der Waals surface area contributed by atoms with Crippen LogP contribution in [0.3, 0.4) is 0 Å². The zero-order chi connectivity index (χ0) is 8.55. The number of nitrogens with one attached hydrogen (secondary N) is 1. The molecule has 2 rings (SSSR count). The minimum atomic E-state index is 0.308. The molecule has 1 heterocycles. The topological polar surface area (TPSA) is 71.8 Å². The van der Waals surface area contributed by atoms with E-state index in [-0.39, 0.29) is 0 Å². The van der Waals surface area contributed by atoms with Crippen molar-refractivity contribution >= 4 is 23.0 Å². The molecule has 0 aliphatic carbocycles. The molecule has 1 aromatic carbocycles. The number of aromatic nitrogens is 2. The molecule has 60 valence electrons. The van der Waals surface area contributed by atoms with Gasteiger partial charge in [0.1, 0.15) is 5.52 Å². The average Bonchev–Trinajstić information content (AvgIpc) is 2.49. The van der Waals surface area contributed by atoms with E-state index >= 15 is 0 Å². The Morgan fingerprint density at radius 2 is 2.33 bits per heavy atom. The monoisotopic (exact) mass is 161 g/mol. The number of hydrogen-bond donors (Lipinski definition) is 2.